The van der Waals surface area contributed by atoms with Gasteiger partial charge in [0.15, 0.2) is 6.10 Å². The molecule has 4 unspecified atom stereocenters. The summed E-state index contributed by atoms with van der Waals surface area (Å²) in [5, 5.41) is 33.6. The van der Waals surface area contributed by atoms with Crippen molar-refractivity contribution in [2.45, 2.75) is 34.9 Å². The SMILES string of the molecule is Cc1ccc(C(O)C(=O)NC2C(=O)N3CC(C(=O)O)(C(O)Sc4ccccn4)CS[C@H]23)cc1. The summed E-state index contributed by atoms with van der Waals surface area (Å²) in [5.41, 5.74) is -1.52. The molecule has 174 valence electrons. The third-order valence-corrected chi connectivity index (χ3v) is 8.52. The summed E-state index contributed by atoms with van der Waals surface area (Å²) in [7, 11) is 0. The van der Waals surface area contributed by atoms with Crippen molar-refractivity contribution in [1.29, 1.82) is 0 Å². The summed E-state index contributed by atoms with van der Waals surface area (Å²) in [5.74, 6) is -2.31. The molecule has 3 heterocycles. The number of carbonyl (C=O) groups excluding carboxylic acids is 2. The Morgan fingerprint density at radius 1 is 1.24 bits per heavy atom. The van der Waals surface area contributed by atoms with Gasteiger partial charge in [0.1, 0.15) is 22.3 Å². The Kier molecular flexibility index (Phi) is 6.66. The first-order chi connectivity index (χ1) is 15.7. The van der Waals surface area contributed by atoms with Crippen molar-refractivity contribution in [1.82, 2.24) is 15.2 Å². The number of aliphatic hydroxyl groups excluding tert-OH is 2. The van der Waals surface area contributed by atoms with E-state index < -0.39 is 46.2 Å². The number of benzene rings is 1. The number of aromatic nitrogens is 1. The van der Waals surface area contributed by atoms with Crippen LogP contribution >= 0.6 is 23.5 Å². The van der Waals surface area contributed by atoms with E-state index in [1.54, 1.807) is 48.7 Å². The van der Waals surface area contributed by atoms with E-state index in [1.807, 2.05) is 6.92 Å². The molecule has 1 aromatic carbocycles. The largest absolute Gasteiger partial charge is 0.481 e. The lowest BCUT2D eigenvalue weighted by atomic mass is 9.87. The number of aliphatic hydroxyl groups is 2. The number of carbonyl (C=O) groups is 3. The standard InChI is InChI=1S/C22H23N3O6S2/c1-12-5-7-13(8-6-12)16(26)17(27)24-15-18(28)25-10-22(20(29)30,11-32-19(15)25)21(31)33-14-4-2-3-9-23-14/h2-9,15-16,19,21,26,31H,10-11H2,1H3,(H,24,27)(H,29,30)/t15?,16?,19-,21?,22?/m1/s1. The zero-order chi connectivity index (χ0) is 23.8. The number of thioether (sulfide) groups is 2. The van der Waals surface area contributed by atoms with E-state index in [0.717, 1.165) is 17.3 Å². The first-order valence-electron chi connectivity index (χ1n) is 10.2. The average molecular weight is 490 g/mol. The third-order valence-electron chi connectivity index (χ3n) is 5.81. The smallest absolute Gasteiger partial charge is 0.315 e. The van der Waals surface area contributed by atoms with Gasteiger partial charge in [-0.25, -0.2) is 4.98 Å². The Bertz CT molecular complexity index is 1050. The van der Waals surface area contributed by atoms with Gasteiger partial charge in [-0.05, 0) is 24.6 Å². The Morgan fingerprint density at radius 2 is 1.97 bits per heavy atom. The van der Waals surface area contributed by atoms with E-state index in [9.17, 15) is 29.7 Å². The highest BCUT2D eigenvalue weighted by molar-refractivity contribution is 8.01. The van der Waals surface area contributed by atoms with Crippen molar-refractivity contribution in [3.63, 3.8) is 0 Å². The van der Waals surface area contributed by atoms with Crippen LogP contribution in [-0.4, -0.2) is 72.1 Å². The van der Waals surface area contributed by atoms with Gasteiger partial charge in [0.25, 0.3) is 5.91 Å². The number of aryl methyl sites for hydroxylation is 1. The van der Waals surface area contributed by atoms with Crippen molar-refractivity contribution < 1.29 is 29.7 Å². The van der Waals surface area contributed by atoms with Gasteiger partial charge in [-0.1, -0.05) is 47.7 Å². The minimum atomic E-state index is -1.59. The molecule has 4 N–H and O–H groups in total. The van der Waals surface area contributed by atoms with Gasteiger partial charge in [0, 0.05) is 18.5 Å². The predicted molar refractivity (Wildman–Crippen MR) is 122 cm³/mol. The molecule has 1 aromatic heterocycles. The average Bonchev–Trinajstić information content (AvgIpc) is 2.82. The Hall–Kier alpha value is -2.60. The highest BCUT2D eigenvalue weighted by Gasteiger charge is 2.60. The molecular formula is C22H23N3O6S2. The molecule has 33 heavy (non-hydrogen) atoms. The fraction of sp³-hybridized carbons (Fsp3) is 0.364. The van der Waals surface area contributed by atoms with Crippen LogP contribution in [0, 0.1) is 12.3 Å². The molecule has 9 nitrogen and oxygen atoms in total. The van der Waals surface area contributed by atoms with Crippen molar-refractivity contribution >= 4 is 41.3 Å². The lowest BCUT2D eigenvalue weighted by molar-refractivity contribution is -0.162. The van der Waals surface area contributed by atoms with Gasteiger partial charge in [0.2, 0.25) is 5.91 Å². The Morgan fingerprint density at radius 3 is 2.61 bits per heavy atom. The maximum Gasteiger partial charge on any atom is 0.315 e. The second-order valence-electron chi connectivity index (χ2n) is 8.07. The van der Waals surface area contributed by atoms with Crippen molar-refractivity contribution in [2.75, 3.05) is 12.3 Å². The zero-order valence-electron chi connectivity index (χ0n) is 17.6. The molecule has 0 spiro atoms. The summed E-state index contributed by atoms with van der Waals surface area (Å²) in [6.07, 6.45) is 0.126. The summed E-state index contributed by atoms with van der Waals surface area (Å²) in [6.45, 7) is 1.70. The number of carboxylic acids is 1. The molecule has 2 saturated heterocycles. The first-order valence-corrected chi connectivity index (χ1v) is 12.1. The highest BCUT2D eigenvalue weighted by atomic mass is 32.2. The fourth-order valence-electron chi connectivity index (χ4n) is 3.76. The molecule has 2 amide bonds. The topological polar surface area (TPSA) is 140 Å². The van der Waals surface area contributed by atoms with Crippen molar-refractivity contribution in [2.24, 2.45) is 5.41 Å². The molecule has 2 aliphatic heterocycles. The number of aliphatic carboxylic acids is 1. The molecule has 0 saturated carbocycles. The van der Waals surface area contributed by atoms with E-state index >= 15 is 0 Å². The maximum atomic E-state index is 12.7. The molecule has 0 aliphatic carbocycles. The number of pyridine rings is 1. The van der Waals surface area contributed by atoms with E-state index in [2.05, 4.69) is 10.3 Å². The van der Waals surface area contributed by atoms with Crippen LogP contribution in [0.15, 0.2) is 53.7 Å². The summed E-state index contributed by atoms with van der Waals surface area (Å²) in [6, 6.07) is 11.1. The molecule has 0 bridgehead atoms. The minimum absolute atomic E-state index is 0.0463. The lowest BCUT2D eigenvalue weighted by Gasteiger charge is -2.54. The zero-order valence-corrected chi connectivity index (χ0v) is 19.3. The maximum absolute atomic E-state index is 12.7. The lowest BCUT2D eigenvalue weighted by Crippen LogP contribution is -2.74. The monoisotopic (exact) mass is 489 g/mol. The van der Waals surface area contributed by atoms with E-state index in [-0.39, 0.29) is 12.3 Å². The number of rotatable bonds is 7. The predicted octanol–water partition coefficient (Wildman–Crippen LogP) is 1.01. The van der Waals surface area contributed by atoms with Gasteiger partial charge in [-0.3, -0.25) is 14.4 Å². The number of hydrogen-bond acceptors (Lipinski definition) is 8. The molecular weight excluding hydrogens is 466 g/mol. The number of nitrogens with one attached hydrogen (secondary N) is 1. The Balaban J connectivity index is 1.42. The quantitative estimate of drug-likeness (QED) is 0.255. The second kappa shape index (κ2) is 9.34. The molecule has 2 aromatic rings. The van der Waals surface area contributed by atoms with E-state index in [1.165, 1.54) is 16.7 Å². The van der Waals surface area contributed by atoms with Crippen LogP contribution in [0.2, 0.25) is 0 Å². The molecule has 2 aliphatic rings. The Labute approximate surface area is 198 Å². The first kappa shape index (κ1) is 23.6. The molecule has 11 heteroatoms. The number of carboxylic acid groups (broad SMARTS) is 1. The molecule has 0 radical (unpaired) electrons. The van der Waals surface area contributed by atoms with Crippen LogP contribution in [0.3, 0.4) is 0 Å². The van der Waals surface area contributed by atoms with Gasteiger partial charge < -0.3 is 25.5 Å². The van der Waals surface area contributed by atoms with Crippen LogP contribution in [0.4, 0.5) is 0 Å². The van der Waals surface area contributed by atoms with Gasteiger partial charge in [-0.2, -0.15) is 0 Å². The van der Waals surface area contributed by atoms with Crippen LogP contribution in [-0.2, 0) is 14.4 Å². The fourth-order valence-corrected chi connectivity index (χ4v) is 6.43. The summed E-state index contributed by atoms with van der Waals surface area (Å²) < 4.78 is 0. The molecule has 5 atom stereocenters. The van der Waals surface area contributed by atoms with Crippen molar-refractivity contribution in [3.05, 3.63) is 59.8 Å². The minimum Gasteiger partial charge on any atom is -0.481 e. The van der Waals surface area contributed by atoms with Gasteiger partial charge in [-0.15, -0.1) is 11.8 Å². The molecule has 4 rings (SSSR count). The number of hydrogen-bond donors (Lipinski definition) is 4. The van der Waals surface area contributed by atoms with E-state index in [0.29, 0.717) is 10.6 Å². The van der Waals surface area contributed by atoms with Crippen LogP contribution in [0.1, 0.15) is 17.2 Å². The van der Waals surface area contributed by atoms with Crippen LogP contribution in [0.5, 0.6) is 0 Å². The van der Waals surface area contributed by atoms with E-state index in [4.69, 9.17) is 0 Å². The highest BCUT2D eigenvalue weighted by Crippen LogP contribution is 2.47. The number of nitrogens with zero attached hydrogens (tertiary/aromatic N) is 2. The number of β-lactam (4-membered cyclic amide) rings is 1. The third kappa shape index (κ3) is 4.45. The second-order valence-corrected chi connectivity index (χ2v) is 10.3. The van der Waals surface area contributed by atoms with Gasteiger partial charge in [0.05, 0.1) is 5.03 Å². The summed E-state index contributed by atoms with van der Waals surface area (Å²) >= 11 is 2.11. The van der Waals surface area contributed by atoms with Crippen molar-refractivity contribution in [3.8, 4) is 0 Å². The van der Waals surface area contributed by atoms with Crippen LogP contribution < -0.4 is 5.32 Å². The molecule has 2 fully saturated rings. The van der Waals surface area contributed by atoms with Crippen LogP contribution in [0.25, 0.3) is 0 Å². The summed E-state index contributed by atoms with van der Waals surface area (Å²) in [4.78, 5) is 42.9. The normalized spacial score (nSPS) is 26.0. The van der Waals surface area contributed by atoms with Gasteiger partial charge >= 0.3 is 5.97 Å². The number of fused-ring (bicyclic) bond motifs is 1. The number of amides is 2.